The molecule has 0 saturated heterocycles. The van der Waals surface area contributed by atoms with E-state index in [-0.39, 0.29) is 51.0 Å². The van der Waals surface area contributed by atoms with Crippen LogP contribution >= 0.6 is 0 Å². The number of allylic oxidation sites excluding steroid dienone is 1. The van der Waals surface area contributed by atoms with Crippen molar-refractivity contribution in [3.05, 3.63) is 101 Å². The maximum absolute atomic E-state index is 2.34. The molecule has 0 amide bonds. The van der Waals surface area contributed by atoms with E-state index in [1.165, 1.54) is 43.8 Å². The number of halogens is 2. The summed E-state index contributed by atoms with van der Waals surface area (Å²) in [4.78, 5) is 0. The zero-order valence-electron chi connectivity index (χ0n) is 14.9. The second-order valence-electron chi connectivity index (χ2n) is 6.68. The van der Waals surface area contributed by atoms with Gasteiger partial charge in [-0.25, -0.2) is 0 Å². The minimum atomic E-state index is 0. The van der Waals surface area contributed by atoms with Gasteiger partial charge in [0, 0.05) is 5.92 Å². The largest absolute Gasteiger partial charge is 2.00 e. The molecule has 132 valence electrons. The third-order valence-corrected chi connectivity index (χ3v) is 5.26. The summed E-state index contributed by atoms with van der Waals surface area (Å²) in [6, 6.07) is 28.7. The van der Waals surface area contributed by atoms with E-state index in [1.807, 2.05) is 0 Å². The van der Waals surface area contributed by atoms with Gasteiger partial charge in [-0.05, 0) is 45.2 Å². The standard InChI is InChI=1S/C24H18.2ClH.Zr/c1-16-15-19-8-3-5-11-21(19)23(16)22-12-6-9-18-14-13-17-7-2-4-10-20(17)24(18)22;;;/h2-15,23H,1H3;2*1H;/q;;;+2/p-2. The fraction of sp³-hybridized carbons (Fsp3) is 0.0833. The van der Waals surface area contributed by atoms with Crippen LogP contribution < -0.4 is 24.8 Å². The zero-order chi connectivity index (χ0) is 16.1. The molecule has 1 unspecified atom stereocenters. The normalized spacial score (nSPS) is 14.6. The summed E-state index contributed by atoms with van der Waals surface area (Å²) in [5.74, 6) is 0.357. The molecular formula is C24H18Cl2Zr. The van der Waals surface area contributed by atoms with Gasteiger partial charge in [0.2, 0.25) is 0 Å². The summed E-state index contributed by atoms with van der Waals surface area (Å²) in [6.45, 7) is 2.26. The Labute approximate surface area is 191 Å². The Kier molecular flexibility index (Phi) is 7.09. The van der Waals surface area contributed by atoms with Crippen molar-refractivity contribution >= 4 is 27.6 Å². The number of hydrogen-bond donors (Lipinski definition) is 0. The first-order valence-corrected chi connectivity index (χ1v) is 8.50. The number of fused-ring (bicyclic) bond motifs is 4. The molecule has 0 bridgehead atoms. The number of benzene rings is 4. The first-order chi connectivity index (χ1) is 11.8. The quantitative estimate of drug-likeness (QED) is 0.358. The predicted molar refractivity (Wildman–Crippen MR) is 103 cm³/mol. The van der Waals surface area contributed by atoms with Gasteiger partial charge in [0.15, 0.2) is 0 Å². The molecule has 0 N–H and O–H groups in total. The van der Waals surface area contributed by atoms with E-state index in [4.69, 9.17) is 0 Å². The zero-order valence-corrected chi connectivity index (χ0v) is 18.9. The Morgan fingerprint density at radius 3 is 2.11 bits per heavy atom. The van der Waals surface area contributed by atoms with Crippen LogP contribution in [-0.2, 0) is 26.2 Å². The van der Waals surface area contributed by atoms with Crippen molar-refractivity contribution in [2.45, 2.75) is 12.8 Å². The van der Waals surface area contributed by atoms with Crippen molar-refractivity contribution in [3.8, 4) is 0 Å². The molecule has 0 radical (unpaired) electrons. The average Bonchev–Trinajstić information content (AvgIpc) is 2.96. The Morgan fingerprint density at radius 1 is 0.630 bits per heavy atom. The summed E-state index contributed by atoms with van der Waals surface area (Å²) >= 11 is 0. The Hall–Kier alpha value is -1.40. The molecule has 1 aliphatic carbocycles. The molecule has 0 saturated carbocycles. The van der Waals surface area contributed by atoms with Gasteiger partial charge in [0.05, 0.1) is 0 Å². The van der Waals surface area contributed by atoms with Gasteiger partial charge in [0.25, 0.3) is 0 Å². The van der Waals surface area contributed by atoms with Crippen LogP contribution in [0.1, 0.15) is 29.5 Å². The molecule has 3 heteroatoms. The first kappa shape index (κ1) is 21.9. The van der Waals surface area contributed by atoms with E-state index in [2.05, 4.69) is 91.9 Å². The van der Waals surface area contributed by atoms with Crippen LogP contribution in [-0.4, -0.2) is 0 Å². The van der Waals surface area contributed by atoms with Gasteiger partial charge in [0.1, 0.15) is 0 Å². The SMILES string of the molecule is CC1=Cc2ccccc2C1c1cccc2ccc3ccccc3c12.[Cl-].[Cl-].[Zr+2]. The molecule has 5 rings (SSSR count). The third kappa shape index (κ3) is 3.54. The molecule has 4 aromatic rings. The number of rotatable bonds is 1. The maximum Gasteiger partial charge on any atom is 2.00 e. The van der Waals surface area contributed by atoms with Crippen LogP contribution in [0.15, 0.2) is 84.4 Å². The molecule has 0 nitrogen and oxygen atoms in total. The molecule has 0 fully saturated rings. The van der Waals surface area contributed by atoms with Gasteiger partial charge in [-0.1, -0.05) is 90.5 Å². The van der Waals surface area contributed by atoms with E-state index in [9.17, 15) is 0 Å². The molecule has 0 spiro atoms. The monoisotopic (exact) mass is 466 g/mol. The van der Waals surface area contributed by atoms with E-state index < -0.39 is 0 Å². The van der Waals surface area contributed by atoms with Crippen molar-refractivity contribution in [2.75, 3.05) is 0 Å². The minimum absolute atomic E-state index is 0. The second kappa shape index (κ2) is 8.74. The van der Waals surface area contributed by atoms with Crippen LogP contribution in [0.5, 0.6) is 0 Å². The average molecular weight is 469 g/mol. The predicted octanol–water partition coefficient (Wildman–Crippen LogP) is 0.547. The molecule has 27 heavy (non-hydrogen) atoms. The van der Waals surface area contributed by atoms with E-state index >= 15 is 0 Å². The summed E-state index contributed by atoms with van der Waals surface area (Å²) in [7, 11) is 0. The van der Waals surface area contributed by atoms with Crippen LogP contribution in [0.3, 0.4) is 0 Å². The molecular weight excluding hydrogens is 450 g/mol. The van der Waals surface area contributed by atoms with Gasteiger partial charge in [-0.3, -0.25) is 0 Å². The molecule has 0 aliphatic heterocycles. The fourth-order valence-electron chi connectivity index (χ4n) is 4.22. The maximum atomic E-state index is 2.34. The topological polar surface area (TPSA) is 0 Å². The molecule has 0 heterocycles. The molecule has 1 atom stereocenters. The smallest absolute Gasteiger partial charge is 1.00 e. The third-order valence-electron chi connectivity index (χ3n) is 5.26. The van der Waals surface area contributed by atoms with Crippen LogP contribution in [0.2, 0.25) is 0 Å². The Balaban J connectivity index is 0.000000871. The van der Waals surface area contributed by atoms with Gasteiger partial charge >= 0.3 is 26.2 Å². The van der Waals surface area contributed by atoms with Crippen LogP contribution in [0.4, 0.5) is 0 Å². The van der Waals surface area contributed by atoms with E-state index in [1.54, 1.807) is 0 Å². The molecule has 0 aromatic heterocycles. The summed E-state index contributed by atoms with van der Waals surface area (Å²) in [5, 5.41) is 5.38. The van der Waals surface area contributed by atoms with Gasteiger partial charge < -0.3 is 24.8 Å². The van der Waals surface area contributed by atoms with Crippen molar-refractivity contribution < 1.29 is 51.0 Å². The fourth-order valence-corrected chi connectivity index (χ4v) is 4.22. The Morgan fingerprint density at radius 2 is 1.26 bits per heavy atom. The van der Waals surface area contributed by atoms with Crippen molar-refractivity contribution in [2.24, 2.45) is 0 Å². The van der Waals surface area contributed by atoms with Crippen LogP contribution in [0, 0.1) is 0 Å². The van der Waals surface area contributed by atoms with Crippen molar-refractivity contribution in [3.63, 3.8) is 0 Å². The van der Waals surface area contributed by atoms with Crippen molar-refractivity contribution in [1.82, 2.24) is 0 Å². The minimum Gasteiger partial charge on any atom is -1.00 e. The van der Waals surface area contributed by atoms with Gasteiger partial charge in [-0.2, -0.15) is 0 Å². The summed E-state index contributed by atoms with van der Waals surface area (Å²) < 4.78 is 0. The Bertz CT molecular complexity index is 1130. The second-order valence-corrected chi connectivity index (χ2v) is 6.68. The summed E-state index contributed by atoms with van der Waals surface area (Å²) in [6.07, 6.45) is 2.34. The van der Waals surface area contributed by atoms with Crippen molar-refractivity contribution in [1.29, 1.82) is 0 Å². The van der Waals surface area contributed by atoms with E-state index in [0.717, 1.165) is 0 Å². The number of hydrogen-bond acceptors (Lipinski definition) is 0. The first-order valence-electron chi connectivity index (χ1n) is 8.50. The van der Waals surface area contributed by atoms with E-state index in [0.29, 0.717) is 5.92 Å². The molecule has 1 aliphatic rings. The van der Waals surface area contributed by atoms with Crippen LogP contribution in [0.25, 0.3) is 27.6 Å². The summed E-state index contributed by atoms with van der Waals surface area (Å²) in [5.41, 5.74) is 5.63. The van der Waals surface area contributed by atoms with Gasteiger partial charge in [-0.15, -0.1) is 0 Å². The molecule has 4 aromatic carbocycles.